The summed E-state index contributed by atoms with van der Waals surface area (Å²) >= 11 is 0. The molecule has 0 fully saturated rings. The summed E-state index contributed by atoms with van der Waals surface area (Å²) < 4.78 is 5.57. The first-order chi connectivity index (χ1) is 8.52. The number of aryl methyl sites for hydroxylation is 1. The molecule has 2 N–H and O–H groups in total. The zero-order valence-corrected chi connectivity index (χ0v) is 11.1. The Kier molecular flexibility index (Phi) is 3.53. The van der Waals surface area contributed by atoms with Gasteiger partial charge < -0.3 is 10.2 Å². The van der Waals surface area contributed by atoms with Crippen molar-refractivity contribution in [3.63, 3.8) is 0 Å². The number of fused-ring (bicyclic) bond motifs is 1. The maximum Gasteiger partial charge on any atom is 0.214 e. The van der Waals surface area contributed by atoms with Crippen molar-refractivity contribution in [2.75, 3.05) is 0 Å². The van der Waals surface area contributed by atoms with E-state index in [1.54, 1.807) is 6.07 Å². The lowest BCUT2D eigenvalue weighted by Gasteiger charge is -2.15. The molecule has 0 spiro atoms. The summed E-state index contributed by atoms with van der Waals surface area (Å²) in [5.74, 6) is 0.411. The summed E-state index contributed by atoms with van der Waals surface area (Å²) in [6.07, 6.45) is 0.881. The SMILES string of the molecule is CCC(C)C(N)C(=O)c1cc2cc(C)ccc2o1. The van der Waals surface area contributed by atoms with Crippen LogP contribution in [0.5, 0.6) is 0 Å². The maximum atomic E-state index is 12.2. The molecule has 2 aromatic rings. The summed E-state index contributed by atoms with van der Waals surface area (Å²) in [7, 11) is 0. The molecular weight excluding hydrogens is 226 g/mol. The minimum Gasteiger partial charge on any atom is -0.453 e. The molecule has 1 aromatic heterocycles. The molecule has 1 heterocycles. The molecular formula is C15H19NO2. The van der Waals surface area contributed by atoms with Gasteiger partial charge in [-0.25, -0.2) is 0 Å². The van der Waals surface area contributed by atoms with Gasteiger partial charge in [-0.15, -0.1) is 0 Å². The quantitative estimate of drug-likeness (QED) is 0.841. The number of carbonyl (C=O) groups is 1. The molecule has 1 aromatic carbocycles. The normalized spacial score (nSPS) is 14.7. The second-order valence-corrected chi connectivity index (χ2v) is 4.93. The standard InChI is InChI=1S/C15H19NO2/c1-4-10(3)14(16)15(17)13-8-11-7-9(2)5-6-12(11)18-13/h5-8,10,14H,4,16H2,1-3H3. The van der Waals surface area contributed by atoms with E-state index in [0.29, 0.717) is 5.76 Å². The Morgan fingerprint density at radius 2 is 2.11 bits per heavy atom. The third-order valence-electron chi connectivity index (χ3n) is 3.47. The Morgan fingerprint density at radius 3 is 2.78 bits per heavy atom. The largest absolute Gasteiger partial charge is 0.453 e. The summed E-state index contributed by atoms with van der Waals surface area (Å²) in [5, 5.41) is 0.953. The number of furan rings is 1. The third kappa shape index (κ3) is 2.31. The Morgan fingerprint density at radius 1 is 1.39 bits per heavy atom. The predicted octanol–water partition coefficient (Wildman–Crippen LogP) is 3.30. The highest BCUT2D eigenvalue weighted by molar-refractivity contribution is 6.01. The molecule has 0 radical (unpaired) electrons. The highest BCUT2D eigenvalue weighted by Crippen LogP contribution is 2.22. The van der Waals surface area contributed by atoms with Gasteiger partial charge in [0, 0.05) is 5.39 Å². The maximum absolute atomic E-state index is 12.2. The lowest BCUT2D eigenvalue weighted by atomic mass is 9.95. The lowest BCUT2D eigenvalue weighted by Crippen LogP contribution is -2.36. The number of benzene rings is 1. The Labute approximate surface area is 107 Å². The number of hydrogen-bond acceptors (Lipinski definition) is 3. The van der Waals surface area contributed by atoms with Gasteiger partial charge in [-0.2, -0.15) is 0 Å². The molecule has 0 saturated heterocycles. The summed E-state index contributed by atoms with van der Waals surface area (Å²) in [4.78, 5) is 12.2. The molecule has 3 heteroatoms. The van der Waals surface area contributed by atoms with Crippen LogP contribution in [0.4, 0.5) is 0 Å². The zero-order chi connectivity index (χ0) is 13.3. The number of carbonyl (C=O) groups excluding carboxylic acids is 1. The fourth-order valence-electron chi connectivity index (χ4n) is 1.96. The topological polar surface area (TPSA) is 56.2 Å². The highest BCUT2D eigenvalue weighted by Gasteiger charge is 2.23. The molecule has 0 aliphatic carbocycles. The van der Waals surface area contributed by atoms with Crippen LogP contribution < -0.4 is 5.73 Å². The first kappa shape index (κ1) is 12.8. The van der Waals surface area contributed by atoms with E-state index in [0.717, 1.165) is 23.0 Å². The minimum atomic E-state index is -0.489. The van der Waals surface area contributed by atoms with Crippen molar-refractivity contribution in [1.29, 1.82) is 0 Å². The van der Waals surface area contributed by atoms with E-state index >= 15 is 0 Å². The fourth-order valence-corrected chi connectivity index (χ4v) is 1.96. The molecule has 18 heavy (non-hydrogen) atoms. The van der Waals surface area contributed by atoms with E-state index in [-0.39, 0.29) is 11.7 Å². The lowest BCUT2D eigenvalue weighted by molar-refractivity contribution is 0.0909. The van der Waals surface area contributed by atoms with E-state index < -0.39 is 6.04 Å². The van der Waals surface area contributed by atoms with Crippen LogP contribution in [0, 0.1) is 12.8 Å². The number of hydrogen-bond donors (Lipinski definition) is 1. The molecule has 0 bridgehead atoms. The smallest absolute Gasteiger partial charge is 0.214 e. The third-order valence-corrected chi connectivity index (χ3v) is 3.47. The van der Waals surface area contributed by atoms with Crippen molar-refractivity contribution in [3.05, 3.63) is 35.6 Å². The van der Waals surface area contributed by atoms with E-state index in [4.69, 9.17) is 10.2 Å². The molecule has 2 unspecified atom stereocenters. The van der Waals surface area contributed by atoms with Crippen LogP contribution in [0.15, 0.2) is 28.7 Å². The monoisotopic (exact) mass is 245 g/mol. The molecule has 0 aliphatic heterocycles. The van der Waals surface area contributed by atoms with Crippen molar-refractivity contribution in [3.8, 4) is 0 Å². The van der Waals surface area contributed by atoms with Crippen LogP contribution in [-0.4, -0.2) is 11.8 Å². The second-order valence-electron chi connectivity index (χ2n) is 4.93. The van der Waals surface area contributed by atoms with Gasteiger partial charge in [-0.1, -0.05) is 31.9 Å². The summed E-state index contributed by atoms with van der Waals surface area (Å²) in [5.41, 5.74) is 7.83. The van der Waals surface area contributed by atoms with E-state index in [1.807, 2.05) is 39.0 Å². The van der Waals surface area contributed by atoms with Crippen LogP contribution >= 0.6 is 0 Å². The Balaban J connectivity index is 2.33. The van der Waals surface area contributed by atoms with E-state index in [9.17, 15) is 4.79 Å². The number of nitrogens with two attached hydrogens (primary N) is 1. The highest BCUT2D eigenvalue weighted by atomic mass is 16.3. The van der Waals surface area contributed by atoms with Crippen LogP contribution in [0.25, 0.3) is 11.0 Å². The molecule has 3 nitrogen and oxygen atoms in total. The van der Waals surface area contributed by atoms with Crippen molar-refractivity contribution in [2.24, 2.45) is 11.7 Å². The zero-order valence-electron chi connectivity index (χ0n) is 11.1. The average molecular weight is 245 g/mol. The van der Waals surface area contributed by atoms with E-state index in [1.165, 1.54) is 0 Å². The molecule has 0 saturated carbocycles. The van der Waals surface area contributed by atoms with E-state index in [2.05, 4.69) is 0 Å². The number of ketones is 1. The van der Waals surface area contributed by atoms with Crippen molar-refractivity contribution in [1.82, 2.24) is 0 Å². The fraction of sp³-hybridized carbons (Fsp3) is 0.400. The van der Waals surface area contributed by atoms with Gasteiger partial charge in [0.05, 0.1) is 6.04 Å². The van der Waals surface area contributed by atoms with Crippen molar-refractivity contribution < 1.29 is 9.21 Å². The van der Waals surface area contributed by atoms with Gasteiger partial charge in [0.25, 0.3) is 0 Å². The molecule has 0 aliphatic rings. The molecule has 0 amide bonds. The van der Waals surface area contributed by atoms with Crippen LogP contribution in [-0.2, 0) is 0 Å². The van der Waals surface area contributed by atoms with Crippen LogP contribution in [0.3, 0.4) is 0 Å². The average Bonchev–Trinajstić information content (AvgIpc) is 2.78. The van der Waals surface area contributed by atoms with Gasteiger partial charge in [0.2, 0.25) is 5.78 Å². The van der Waals surface area contributed by atoms with Crippen molar-refractivity contribution >= 4 is 16.8 Å². The van der Waals surface area contributed by atoms with Gasteiger partial charge in [0.15, 0.2) is 5.76 Å². The van der Waals surface area contributed by atoms with Gasteiger partial charge in [-0.05, 0) is 31.0 Å². The number of Topliss-reactive ketones (excluding diaryl/α,β-unsaturated/α-hetero) is 1. The van der Waals surface area contributed by atoms with Gasteiger partial charge in [-0.3, -0.25) is 4.79 Å². The second kappa shape index (κ2) is 4.94. The Hall–Kier alpha value is -1.61. The minimum absolute atomic E-state index is 0.113. The predicted molar refractivity (Wildman–Crippen MR) is 72.7 cm³/mol. The Bertz CT molecular complexity index is 571. The molecule has 96 valence electrons. The summed E-state index contributed by atoms with van der Waals surface area (Å²) in [6, 6.07) is 7.15. The molecule has 2 atom stereocenters. The van der Waals surface area contributed by atoms with Gasteiger partial charge >= 0.3 is 0 Å². The van der Waals surface area contributed by atoms with Crippen molar-refractivity contribution in [2.45, 2.75) is 33.2 Å². The van der Waals surface area contributed by atoms with Gasteiger partial charge in [0.1, 0.15) is 5.58 Å². The summed E-state index contributed by atoms with van der Waals surface area (Å²) in [6.45, 7) is 6.02. The van der Waals surface area contributed by atoms with Crippen LogP contribution in [0.2, 0.25) is 0 Å². The number of rotatable bonds is 4. The van der Waals surface area contributed by atoms with Crippen LogP contribution in [0.1, 0.15) is 36.4 Å². The first-order valence-electron chi connectivity index (χ1n) is 6.33. The first-order valence-corrected chi connectivity index (χ1v) is 6.33. The molecule has 2 rings (SSSR count).